The molecule has 0 saturated carbocycles. The van der Waals surface area contributed by atoms with E-state index in [1.165, 1.54) is 16.4 Å². The fourth-order valence-corrected chi connectivity index (χ4v) is 4.62. The van der Waals surface area contributed by atoms with Crippen LogP contribution in [0.25, 0.3) is 0 Å². The fourth-order valence-electron chi connectivity index (χ4n) is 2.47. The highest BCUT2D eigenvalue weighted by molar-refractivity contribution is 7.89. The summed E-state index contributed by atoms with van der Waals surface area (Å²) < 4.78 is 26.8. The van der Waals surface area contributed by atoms with Crippen molar-refractivity contribution in [1.29, 1.82) is 0 Å². The van der Waals surface area contributed by atoms with Crippen molar-refractivity contribution < 1.29 is 13.2 Å². The number of hydrogen-bond acceptors (Lipinski definition) is 4. The van der Waals surface area contributed by atoms with E-state index in [1.807, 2.05) is 11.8 Å². The lowest BCUT2D eigenvalue weighted by Crippen LogP contribution is -2.51. The summed E-state index contributed by atoms with van der Waals surface area (Å²) in [5, 5.41) is 3.29. The second-order valence-electron chi connectivity index (χ2n) is 5.60. The van der Waals surface area contributed by atoms with Crippen LogP contribution >= 0.6 is 23.2 Å². The average molecular weight is 394 g/mol. The summed E-state index contributed by atoms with van der Waals surface area (Å²) in [6, 6.07) is 4.39. The van der Waals surface area contributed by atoms with Gasteiger partial charge in [-0.05, 0) is 24.6 Å². The molecule has 0 atom stereocenters. The molecule has 1 aromatic carbocycles. The number of nitrogens with one attached hydrogen (secondary N) is 1. The number of rotatable bonds is 6. The normalized spacial score (nSPS) is 17.0. The third kappa shape index (κ3) is 4.83. The monoisotopic (exact) mass is 393 g/mol. The number of benzene rings is 1. The first kappa shape index (κ1) is 19.5. The summed E-state index contributed by atoms with van der Waals surface area (Å²) >= 11 is 11.9. The van der Waals surface area contributed by atoms with E-state index in [4.69, 9.17) is 23.2 Å². The molecule has 1 amide bonds. The first-order chi connectivity index (χ1) is 11.3. The van der Waals surface area contributed by atoms with Gasteiger partial charge in [-0.1, -0.05) is 30.1 Å². The Morgan fingerprint density at radius 2 is 1.88 bits per heavy atom. The summed E-state index contributed by atoms with van der Waals surface area (Å²) in [6.45, 7) is 4.55. The van der Waals surface area contributed by atoms with Crippen LogP contribution in [0.15, 0.2) is 23.1 Å². The molecule has 2 rings (SSSR count). The van der Waals surface area contributed by atoms with Gasteiger partial charge in [0, 0.05) is 37.7 Å². The maximum Gasteiger partial charge on any atom is 0.244 e. The zero-order chi connectivity index (χ0) is 17.7. The molecule has 1 saturated heterocycles. The number of piperazine rings is 1. The van der Waals surface area contributed by atoms with E-state index in [0.29, 0.717) is 37.7 Å². The van der Waals surface area contributed by atoms with Crippen LogP contribution in [0.5, 0.6) is 0 Å². The summed E-state index contributed by atoms with van der Waals surface area (Å²) in [4.78, 5) is 13.7. The summed E-state index contributed by atoms with van der Waals surface area (Å²) in [7, 11) is -3.69. The largest absolute Gasteiger partial charge is 0.355 e. The highest BCUT2D eigenvalue weighted by Crippen LogP contribution is 2.28. The number of nitrogens with zero attached hydrogens (tertiary/aromatic N) is 2. The van der Waals surface area contributed by atoms with Crippen LogP contribution < -0.4 is 5.32 Å². The van der Waals surface area contributed by atoms with Gasteiger partial charge < -0.3 is 5.32 Å². The van der Waals surface area contributed by atoms with Gasteiger partial charge in [0.2, 0.25) is 15.9 Å². The average Bonchev–Trinajstić information content (AvgIpc) is 2.55. The van der Waals surface area contributed by atoms with Crippen LogP contribution in [-0.2, 0) is 14.8 Å². The van der Waals surface area contributed by atoms with Crippen molar-refractivity contribution in [2.75, 3.05) is 39.3 Å². The highest BCUT2D eigenvalue weighted by Gasteiger charge is 2.30. The summed E-state index contributed by atoms with van der Waals surface area (Å²) in [6.07, 6.45) is 0.887. The van der Waals surface area contributed by atoms with E-state index in [2.05, 4.69) is 5.32 Å². The van der Waals surface area contributed by atoms with Gasteiger partial charge in [0.05, 0.1) is 11.6 Å². The number of hydrogen-bond donors (Lipinski definition) is 1. The van der Waals surface area contributed by atoms with E-state index in [0.717, 1.165) is 6.42 Å². The van der Waals surface area contributed by atoms with Gasteiger partial charge in [0.25, 0.3) is 0 Å². The molecular formula is C15H21Cl2N3O3S. The number of sulfonamides is 1. The van der Waals surface area contributed by atoms with E-state index in [-0.39, 0.29) is 22.4 Å². The van der Waals surface area contributed by atoms with Crippen molar-refractivity contribution >= 4 is 39.1 Å². The van der Waals surface area contributed by atoms with Crippen molar-refractivity contribution in [3.8, 4) is 0 Å². The molecule has 24 heavy (non-hydrogen) atoms. The van der Waals surface area contributed by atoms with E-state index in [1.54, 1.807) is 6.07 Å². The molecule has 9 heteroatoms. The van der Waals surface area contributed by atoms with Gasteiger partial charge in [-0.25, -0.2) is 8.42 Å². The lowest BCUT2D eigenvalue weighted by atomic mass is 10.3. The van der Waals surface area contributed by atoms with Crippen molar-refractivity contribution in [2.24, 2.45) is 0 Å². The third-order valence-electron chi connectivity index (χ3n) is 3.78. The molecule has 1 aromatic rings. The first-order valence-electron chi connectivity index (χ1n) is 7.79. The Balaban J connectivity index is 1.98. The van der Waals surface area contributed by atoms with Crippen molar-refractivity contribution in [3.05, 3.63) is 28.2 Å². The van der Waals surface area contributed by atoms with Gasteiger partial charge in [-0.2, -0.15) is 4.31 Å². The number of carbonyl (C=O) groups excluding carboxylic acids is 1. The summed E-state index contributed by atoms with van der Waals surface area (Å²) in [5.74, 6) is -0.0361. The molecular weight excluding hydrogens is 373 g/mol. The zero-order valence-corrected chi connectivity index (χ0v) is 15.8. The minimum Gasteiger partial charge on any atom is -0.355 e. The molecule has 1 aliphatic heterocycles. The number of carbonyl (C=O) groups is 1. The fraction of sp³-hybridized carbons (Fsp3) is 0.533. The van der Waals surface area contributed by atoms with Crippen LogP contribution in [-0.4, -0.2) is 62.8 Å². The molecule has 1 N–H and O–H groups in total. The predicted octanol–water partition coefficient (Wildman–Crippen LogP) is 1.83. The van der Waals surface area contributed by atoms with Gasteiger partial charge in [-0.15, -0.1) is 0 Å². The Labute approximate surface area is 152 Å². The molecule has 0 aromatic heterocycles. The minimum atomic E-state index is -3.69. The SMILES string of the molecule is CCCNC(=O)CN1CCN(S(=O)(=O)c2cc(Cl)ccc2Cl)CC1. The lowest BCUT2D eigenvalue weighted by Gasteiger charge is -2.33. The minimum absolute atomic E-state index is 0.0193. The summed E-state index contributed by atoms with van der Waals surface area (Å²) in [5.41, 5.74) is 0. The Morgan fingerprint density at radius 3 is 2.50 bits per heavy atom. The van der Waals surface area contributed by atoms with Gasteiger partial charge in [0.15, 0.2) is 0 Å². The highest BCUT2D eigenvalue weighted by atomic mass is 35.5. The van der Waals surface area contributed by atoms with E-state index < -0.39 is 10.0 Å². The molecule has 1 aliphatic rings. The Morgan fingerprint density at radius 1 is 1.21 bits per heavy atom. The molecule has 1 fully saturated rings. The molecule has 0 spiro atoms. The number of halogens is 2. The third-order valence-corrected chi connectivity index (χ3v) is 6.40. The standard InChI is InChI=1S/C15H21Cl2N3O3S/c1-2-5-18-15(21)11-19-6-8-20(9-7-19)24(22,23)14-10-12(16)3-4-13(14)17/h3-4,10H,2,5-9,11H2,1H3,(H,18,21). The molecule has 0 bridgehead atoms. The van der Waals surface area contributed by atoms with E-state index in [9.17, 15) is 13.2 Å². The quantitative estimate of drug-likeness (QED) is 0.799. The van der Waals surface area contributed by atoms with Crippen LogP contribution in [0, 0.1) is 0 Å². The van der Waals surface area contributed by atoms with Gasteiger partial charge in [-0.3, -0.25) is 9.69 Å². The molecule has 134 valence electrons. The van der Waals surface area contributed by atoms with Crippen LogP contribution in [0.3, 0.4) is 0 Å². The van der Waals surface area contributed by atoms with Crippen LogP contribution in [0.4, 0.5) is 0 Å². The van der Waals surface area contributed by atoms with Gasteiger partial charge >= 0.3 is 0 Å². The maximum atomic E-state index is 12.7. The Kier molecular flexibility index (Phi) is 6.88. The van der Waals surface area contributed by atoms with E-state index >= 15 is 0 Å². The topological polar surface area (TPSA) is 69.7 Å². The molecule has 1 heterocycles. The number of amides is 1. The van der Waals surface area contributed by atoms with Crippen molar-refractivity contribution in [2.45, 2.75) is 18.2 Å². The lowest BCUT2D eigenvalue weighted by molar-refractivity contribution is -0.122. The van der Waals surface area contributed by atoms with Gasteiger partial charge in [0.1, 0.15) is 4.90 Å². The molecule has 0 radical (unpaired) electrons. The molecule has 0 aliphatic carbocycles. The molecule has 6 nitrogen and oxygen atoms in total. The van der Waals surface area contributed by atoms with Crippen molar-refractivity contribution in [1.82, 2.24) is 14.5 Å². The predicted molar refractivity (Wildman–Crippen MR) is 95.0 cm³/mol. The zero-order valence-electron chi connectivity index (χ0n) is 13.5. The van der Waals surface area contributed by atoms with Crippen molar-refractivity contribution in [3.63, 3.8) is 0 Å². The molecule has 0 unspecified atom stereocenters. The Hall–Kier alpha value is -0.860. The first-order valence-corrected chi connectivity index (χ1v) is 9.98. The maximum absolute atomic E-state index is 12.7. The second kappa shape index (κ2) is 8.49. The smallest absolute Gasteiger partial charge is 0.244 e. The van der Waals surface area contributed by atoms with Crippen LogP contribution in [0.1, 0.15) is 13.3 Å². The second-order valence-corrected chi connectivity index (χ2v) is 8.35. The van der Waals surface area contributed by atoms with Crippen LogP contribution in [0.2, 0.25) is 10.0 Å². The Bertz CT molecular complexity index is 689.